The van der Waals surface area contributed by atoms with E-state index in [0.29, 0.717) is 6.04 Å². The summed E-state index contributed by atoms with van der Waals surface area (Å²) in [5.74, 6) is 1.70. The van der Waals surface area contributed by atoms with Gasteiger partial charge in [-0.1, -0.05) is 0 Å². The van der Waals surface area contributed by atoms with Crippen molar-refractivity contribution in [1.82, 2.24) is 9.97 Å². The van der Waals surface area contributed by atoms with Crippen LogP contribution in [0.5, 0.6) is 0 Å². The van der Waals surface area contributed by atoms with E-state index < -0.39 is 0 Å². The summed E-state index contributed by atoms with van der Waals surface area (Å²) in [7, 11) is 0. The average molecular weight is 353 g/mol. The lowest BCUT2D eigenvalue weighted by molar-refractivity contribution is 0.606. The Bertz CT molecular complexity index is 599. The molecule has 0 saturated heterocycles. The molecule has 0 aliphatic heterocycles. The van der Waals surface area contributed by atoms with Gasteiger partial charge in [0.1, 0.15) is 22.4 Å². The van der Waals surface area contributed by atoms with E-state index in [-0.39, 0.29) is 0 Å². The molecule has 1 unspecified atom stereocenters. The van der Waals surface area contributed by atoms with Gasteiger partial charge in [-0.3, -0.25) is 0 Å². The number of fused-ring (bicyclic) bond motifs is 1. The van der Waals surface area contributed by atoms with Gasteiger partial charge in [0, 0.05) is 11.4 Å². The first-order chi connectivity index (χ1) is 9.79. The lowest BCUT2D eigenvalue weighted by Crippen LogP contribution is -2.17. The molecule has 2 heterocycles. The molecule has 1 atom stereocenters. The smallest absolute Gasteiger partial charge is 0.146 e. The van der Waals surface area contributed by atoms with Gasteiger partial charge in [-0.15, -0.1) is 11.3 Å². The molecule has 0 saturated carbocycles. The van der Waals surface area contributed by atoms with Crippen LogP contribution in [0.25, 0.3) is 0 Å². The largest absolute Gasteiger partial charge is 0.369 e. The highest BCUT2D eigenvalue weighted by molar-refractivity contribution is 9.10. The van der Waals surface area contributed by atoms with Crippen LogP contribution in [0.4, 0.5) is 11.6 Å². The number of aryl methyl sites for hydroxylation is 1. The van der Waals surface area contributed by atoms with Crippen LogP contribution in [-0.2, 0) is 6.42 Å². The van der Waals surface area contributed by atoms with E-state index in [4.69, 9.17) is 0 Å². The van der Waals surface area contributed by atoms with Gasteiger partial charge in [0.05, 0.1) is 6.04 Å². The summed E-state index contributed by atoms with van der Waals surface area (Å²) < 4.78 is 0.907. The van der Waals surface area contributed by atoms with Crippen LogP contribution in [0, 0.1) is 0 Å². The second kappa shape index (κ2) is 6.10. The van der Waals surface area contributed by atoms with Gasteiger partial charge in [0.2, 0.25) is 0 Å². The summed E-state index contributed by atoms with van der Waals surface area (Å²) >= 11 is 5.45. The Kier molecular flexibility index (Phi) is 4.21. The van der Waals surface area contributed by atoms with E-state index in [1.165, 1.54) is 23.3 Å². The minimum absolute atomic E-state index is 0.352. The van der Waals surface area contributed by atoms with Crippen molar-refractivity contribution in [3.8, 4) is 0 Å². The molecule has 0 spiro atoms. The number of thiophene rings is 1. The molecule has 3 rings (SSSR count). The van der Waals surface area contributed by atoms with Crippen LogP contribution in [0.15, 0.2) is 22.2 Å². The van der Waals surface area contributed by atoms with Gasteiger partial charge in [0.25, 0.3) is 0 Å². The first kappa shape index (κ1) is 13.8. The molecule has 0 fully saturated rings. The number of rotatable bonds is 4. The van der Waals surface area contributed by atoms with E-state index in [2.05, 4.69) is 54.9 Å². The highest BCUT2D eigenvalue weighted by Crippen LogP contribution is 2.37. The Labute approximate surface area is 131 Å². The molecular weight excluding hydrogens is 336 g/mol. The number of hydrogen-bond donors (Lipinski definition) is 2. The molecule has 0 radical (unpaired) electrons. The third kappa shape index (κ3) is 2.67. The summed E-state index contributed by atoms with van der Waals surface area (Å²) in [4.78, 5) is 10.1. The highest BCUT2D eigenvalue weighted by atomic mass is 79.9. The van der Waals surface area contributed by atoms with E-state index in [1.54, 1.807) is 6.33 Å². The predicted octanol–water partition coefficient (Wildman–Crippen LogP) is 4.22. The third-order valence-electron chi connectivity index (χ3n) is 3.50. The molecule has 4 nitrogen and oxygen atoms in total. The summed E-state index contributed by atoms with van der Waals surface area (Å²) in [6.45, 7) is 2.90. The Hall–Kier alpha value is -1.14. The molecule has 1 aliphatic carbocycles. The van der Waals surface area contributed by atoms with Crippen LogP contribution in [-0.4, -0.2) is 16.5 Å². The minimum atomic E-state index is 0.352. The Morgan fingerprint density at radius 1 is 1.40 bits per heavy atom. The average Bonchev–Trinajstić information content (AvgIpc) is 2.93. The lowest BCUT2D eigenvalue weighted by atomic mass is 9.94. The van der Waals surface area contributed by atoms with Crippen LogP contribution in [0.1, 0.15) is 36.2 Å². The Balaban J connectivity index is 1.84. The Morgan fingerprint density at radius 2 is 2.25 bits per heavy atom. The standard InChI is InChI=1S/C14H17BrN4S/c1-2-16-13-12(15)14(18-8-17-13)19-10-4-3-5-11-9(10)6-7-20-11/h6-8,10H,2-5H2,1H3,(H2,16,17,18,19). The number of hydrogen-bond acceptors (Lipinski definition) is 5. The fraction of sp³-hybridized carbons (Fsp3) is 0.429. The van der Waals surface area contributed by atoms with Crippen LogP contribution in [0.3, 0.4) is 0 Å². The molecule has 1 aliphatic rings. The molecule has 0 bridgehead atoms. The van der Waals surface area contributed by atoms with Crippen molar-refractivity contribution in [2.75, 3.05) is 17.2 Å². The maximum absolute atomic E-state index is 4.37. The van der Waals surface area contributed by atoms with Crippen molar-refractivity contribution < 1.29 is 0 Å². The SMILES string of the molecule is CCNc1ncnc(NC2CCCc3sccc32)c1Br. The molecule has 6 heteroatoms. The lowest BCUT2D eigenvalue weighted by Gasteiger charge is -2.24. The first-order valence-electron chi connectivity index (χ1n) is 6.86. The second-order valence-electron chi connectivity index (χ2n) is 4.80. The zero-order chi connectivity index (χ0) is 13.9. The number of anilines is 2. The van der Waals surface area contributed by atoms with Crippen molar-refractivity contribution in [3.63, 3.8) is 0 Å². The van der Waals surface area contributed by atoms with Crippen molar-refractivity contribution in [1.29, 1.82) is 0 Å². The Morgan fingerprint density at radius 3 is 3.10 bits per heavy atom. The maximum atomic E-state index is 4.37. The van der Waals surface area contributed by atoms with Gasteiger partial charge in [-0.2, -0.15) is 0 Å². The van der Waals surface area contributed by atoms with Gasteiger partial charge < -0.3 is 10.6 Å². The molecule has 0 aromatic carbocycles. The summed E-state index contributed by atoms with van der Waals surface area (Å²) in [6, 6.07) is 2.59. The topological polar surface area (TPSA) is 49.8 Å². The van der Waals surface area contributed by atoms with E-state index in [0.717, 1.165) is 29.1 Å². The van der Waals surface area contributed by atoms with Crippen molar-refractivity contribution >= 4 is 38.9 Å². The van der Waals surface area contributed by atoms with Gasteiger partial charge >= 0.3 is 0 Å². The van der Waals surface area contributed by atoms with Crippen LogP contribution in [0.2, 0.25) is 0 Å². The van der Waals surface area contributed by atoms with E-state index in [1.807, 2.05) is 11.3 Å². The molecule has 2 aromatic heterocycles. The van der Waals surface area contributed by atoms with Crippen molar-refractivity contribution in [2.45, 2.75) is 32.2 Å². The van der Waals surface area contributed by atoms with E-state index in [9.17, 15) is 0 Å². The zero-order valence-electron chi connectivity index (χ0n) is 11.3. The fourth-order valence-corrected chi connectivity index (χ4v) is 4.01. The molecule has 20 heavy (non-hydrogen) atoms. The number of aromatic nitrogens is 2. The predicted molar refractivity (Wildman–Crippen MR) is 87.5 cm³/mol. The van der Waals surface area contributed by atoms with E-state index >= 15 is 0 Å². The van der Waals surface area contributed by atoms with Gasteiger partial charge in [-0.25, -0.2) is 9.97 Å². The molecular formula is C14H17BrN4S. The first-order valence-corrected chi connectivity index (χ1v) is 8.54. The minimum Gasteiger partial charge on any atom is -0.369 e. The maximum Gasteiger partial charge on any atom is 0.146 e. The molecule has 2 aromatic rings. The summed E-state index contributed by atoms with van der Waals surface area (Å²) in [5, 5.41) is 8.97. The second-order valence-corrected chi connectivity index (χ2v) is 6.60. The summed E-state index contributed by atoms with van der Waals surface area (Å²) in [5.41, 5.74) is 1.43. The highest BCUT2D eigenvalue weighted by Gasteiger charge is 2.22. The summed E-state index contributed by atoms with van der Waals surface area (Å²) in [6.07, 6.45) is 5.19. The van der Waals surface area contributed by atoms with Gasteiger partial charge in [-0.05, 0) is 59.1 Å². The van der Waals surface area contributed by atoms with Crippen LogP contribution >= 0.6 is 27.3 Å². The van der Waals surface area contributed by atoms with Gasteiger partial charge in [0.15, 0.2) is 0 Å². The van der Waals surface area contributed by atoms with Crippen molar-refractivity contribution in [3.05, 3.63) is 32.7 Å². The molecule has 0 amide bonds. The normalized spacial score (nSPS) is 17.6. The molecule has 106 valence electrons. The monoisotopic (exact) mass is 352 g/mol. The van der Waals surface area contributed by atoms with Crippen LogP contribution < -0.4 is 10.6 Å². The quantitative estimate of drug-likeness (QED) is 0.864. The number of nitrogens with zero attached hydrogens (tertiary/aromatic N) is 2. The number of nitrogens with one attached hydrogen (secondary N) is 2. The number of halogens is 1. The van der Waals surface area contributed by atoms with Crippen molar-refractivity contribution in [2.24, 2.45) is 0 Å². The zero-order valence-corrected chi connectivity index (χ0v) is 13.7. The molecule has 2 N–H and O–H groups in total. The fourth-order valence-electron chi connectivity index (χ4n) is 2.56. The third-order valence-corrected chi connectivity index (χ3v) is 5.24.